The van der Waals surface area contributed by atoms with Gasteiger partial charge in [0.25, 0.3) is 0 Å². The smallest absolute Gasteiger partial charge is 0.169 e. The lowest BCUT2D eigenvalue weighted by molar-refractivity contribution is 0.641. The highest BCUT2D eigenvalue weighted by molar-refractivity contribution is 5.47. The van der Waals surface area contributed by atoms with Gasteiger partial charge in [-0.05, 0) is 35.4 Å². The molecular formula is C17H14N6. The molecule has 0 bridgehead atoms. The summed E-state index contributed by atoms with van der Waals surface area (Å²) in [6.45, 7) is 4.23. The van der Waals surface area contributed by atoms with Crippen LogP contribution in [-0.2, 0) is 5.41 Å². The van der Waals surface area contributed by atoms with E-state index >= 15 is 0 Å². The van der Waals surface area contributed by atoms with E-state index in [1.54, 1.807) is 12.4 Å². The molecule has 0 N–H and O–H groups in total. The quantitative estimate of drug-likeness (QED) is 0.577. The summed E-state index contributed by atoms with van der Waals surface area (Å²) >= 11 is 0. The summed E-state index contributed by atoms with van der Waals surface area (Å²) in [7, 11) is 0. The van der Waals surface area contributed by atoms with E-state index in [9.17, 15) is 0 Å². The Bertz CT molecular complexity index is 733. The second-order valence-electron chi connectivity index (χ2n) is 5.32. The van der Waals surface area contributed by atoms with Crippen LogP contribution in [-0.4, -0.2) is 0 Å². The largest absolute Gasteiger partial charge is 0.226 e. The predicted octanol–water partition coefficient (Wildman–Crippen LogP) is 5.14. The van der Waals surface area contributed by atoms with Crippen LogP contribution in [0.2, 0.25) is 0 Å². The van der Waals surface area contributed by atoms with Gasteiger partial charge in [-0.15, -0.1) is 10.2 Å². The molecule has 112 valence electrons. The zero-order valence-corrected chi connectivity index (χ0v) is 12.8. The lowest BCUT2D eigenvalue weighted by atomic mass is 9.78. The minimum atomic E-state index is -0.212. The predicted molar refractivity (Wildman–Crippen MR) is 85.3 cm³/mol. The highest BCUT2D eigenvalue weighted by atomic mass is 15.1. The van der Waals surface area contributed by atoms with Crippen molar-refractivity contribution in [1.29, 1.82) is 10.5 Å². The molecule has 6 nitrogen and oxygen atoms in total. The summed E-state index contributed by atoms with van der Waals surface area (Å²) in [6, 6.07) is 15.2. The van der Waals surface area contributed by atoms with Crippen molar-refractivity contribution in [3.8, 4) is 12.4 Å². The van der Waals surface area contributed by atoms with Crippen LogP contribution < -0.4 is 0 Å². The second-order valence-corrected chi connectivity index (χ2v) is 5.32. The molecule has 0 spiro atoms. The zero-order chi connectivity index (χ0) is 16.7. The number of hydrogen-bond acceptors (Lipinski definition) is 6. The number of benzene rings is 2. The van der Waals surface area contributed by atoms with Gasteiger partial charge in [0.15, 0.2) is 0 Å². The van der Waals surface area contributed by atoms with Crippen LogP contribution in [0.1, 0.15) is 25.0 Å². The van der Waals surface area contributed by atoms with Crippen LogP contribution in [0.15, 0.2) is 69.0 Å². The number of nitrogens with zero attached hydrogens (tertiary/aromatic N) is 6. The van der Waals surface area contributed by atoms with Crippen LogP contribution in [0.5, 0.6) is 0 Å². The molecule has 0 fully saturated rings. The maximum Gasteiger partial charge on any atom is 0.226 e. The van der Waals surface area contributed by atoms with E-state index in [4.69, 9.17) is 10.5 Å². The van der Waals surface area contributed by atoms with E-state index in [1.165, 1.54) is 0 Å². The molecule has 0 unspecified atom stereocenters. The molecule has 0 atom stereocenters. The maximum atomic E-state index is 8.39. The standard InChI is InChI=1S/C17H14N6/c1-17(2,13-3-7-15(8-4-13)22-20-11-18)14-5-9-16(10-6-14)23-21-12-19/h3-10H,1-2H3. The first kappa shape index (κ1) is 16.0. The molecule has 0 aliphatic carbocycles. The molecule has 0 aromatic heterocycles. The monoisotopic (exact) mass is 302 g/mol. The zero-order valence-electron chi connectivity index (χ0n) is 12.8. The Kier molecular flexibility index (Phi) is 4.91. The average molecular weight is 302 g/mol. The van der Waals surface area contributed by atoms with Gasteiger partial charge < -0.3 is 0 Å². The molecule has 0 saturated carbocycles. The lowest BCUT2D eigenvalue weighted by Gasteiger charge is -2.26. The van der Waals surface area contributed by atoms with Gasteiger partial charge in [-0.2, -0.15) is 10.5 Å². The van der Waals surface area contributed by atoms with Gasteiger partial charge in [-0.3, -0.25) is 0 Å². The highest BCUT2D eigenvalue weighted by Crippen LogP contribution is 2.33. The SMILES string of the molecule is CC(C)(c1ccc(N=NC#N)cc1)c1ccc(N=NC#N)cc1. The molecule has 2 aromatic rings. The maximum absolute atomic E-state index is 8.39. The van der Waals surface area contributed by atoms with Gasteiger partial charge in [0.1, 0.15) is 0 Å². The molecule has 23 heavy (non-hydrogen) atoms. The molecule has 6 heteroatoms. The number of hydrogen-bond donors (Lipinski definition) is 0. The van der Waals surface area contributed by atoms with Gasteiger partial charge in [0.2, 0.25) is 12.4 Å². The summed E-state index contributed by atoms with van der Waals surface area (Å²) < 4.78 is 0. The van der Waals surface area contributed by atoms with Crippen molar-refractivity contribution < 1.29 is 0 Å². The van der Waals surface area contributed by atoms with Crippen molar-refractivity contribution in [3.63, 3.8) is 0 Å². The summed E-state index contributed by atoms with van der Waals surface area (Å²) in [5.74, 6) is 0. The van der Waals surface area contributed by atoms with Crippen LogP contribution >= 0.6 is 0 Å². The van der Waals surface area contributed by atoms with E-state index in [0.717, 1.165) is 11.1 Å². The van der Waals surface area contributed by atoms with E-state index < -0.39 is 0 Å². The van der Waals surface area contributed by atoms with E-state index in [2.05, 4.69) is 34.3 Å². The van der Waals surface area contributed by atoms with E-state index in [0.29, 0.717) is 11.4 Å². The average Bonchev–Trinajstić information content (AvgIpc) is 2.59. The van der Waals surface area contributed by atoms with Crippen LogP contribution in [0.4, 0.5) is 11.4 Å². The Morgan fingerprint density at radius 2 is 1.04 bits per heavy atom. The Labute approximate surface area is 134 Å². The molecule has 0 amide bonds. The fraction of sp³-hybridized carbons (Fsp3) is 0.176. The second kappa shape index (κ2) is 7.06. The highest BCUT2D eigenvalue weighted by Gasteiger charge is 2.22. The summed E-state index contributed by atoms with van der Waals surface area (Å²) in [4.78, 5) is 0. The summed E-state index contributed by atoms with van der Waals surface area (Å²) in [5, 5.41) is 31.0. The van der Waals surface area contributed by atoms with Gasteiger partial charge in [0, 0.05) is 5.41 Å². The molecule has 2 rings (SSSR count). The molecule has 0 radical (unpaired) electrons. The fourth-order valence-electron chi connectivity index (χ4n) is 2.22. The first-order valence-electron chi connectivity index (χ1n) is 6.88. The third kappa shape index (κ3) is 3.84. The minimum absolute atomic E-state index is 0.212. The Hall–Kier alpha value is -3.38. The molecule has 0 aliphatic rings. The van der Waals surface area contributed by atoms with Crippen LogP contribution in [0.25, 0.3) is 0 Å². The minimum Gasteiger partial charge on any atom is -0.169 e. The summed E-state index contributed by atoms with van der Waals surface area (Å²) in [5.41, 5.74) is 3.28. The van der Waals surface area contributed by atoms with Crippen molar-refractivity contribution in [1.82, 2.24) is 0 Å². The van der Waals surface area contributed by atoms with Gasteiger partial charge in [-0.1, -0.05) is 48.3 Å². The van der Waals surface area contributed by atoms with Crippen molar-refractivity contribution in [2.24, 2.45) is 20.5 Å². The molecule has 0 heterocycles. The van der Waals surface area contributed by atoms with Crippen molar-refractivity contribution in [3.05, 3.63) is 59.7 Å². The fourth-order valence-corrected chi connectivity index (χ4v) is 2.22. The van der Waals surface area contributed by atoms with Crippen molar-refractivity contribution in [2.45, 2.75) is 19.3 Å². The Morgan fingerprint density at radius 3 is 1.35 bits per heavy atom. The van der Waals surface area contributed by atoms with Gasteiger partial charge in [0.05, 0.1) is 11.4 Å². The van der Waals surface area contributed by atoms with Crippen molar-refractivity contribution in [2.75, 3.05) is 0 Å². The topological polar surface area (TPSA) is 97.0 Å². The van der Waals surface area contributed by atoms with Crippen LogP contribution in [0.3, 0.4) is 0 Å². The van der Waals surface area contributed by atoms with Crippen LogP contribution in [0, 0.1) is 22.9 Å². The molecule has 0 saturated heterocycles. The normalized spacial score (nSPS) is 11.5. The first-order chi connectivity index (χ1) is 11.1. The Balaban J connectivity index is 2.27. The lowest BCUT2D eigenvalue weighted by Crippen LogP contribution is -2.18. The number of nitriles is 2. The summed E-state index contributed by atoms with van der Waals surface area (Å²) in [6.07, 6.45) is 3.26. The van der Waals surface area contributed by atoms with Gasteiger partial charge in [-0.25, -0.2) is 0 Å². The number of rotatable bonds is 4. The van der Waals surface area contributed by atoms with Gasteiger partial charge >= 0.3 is 0 Å². The third-order valence-electron chi connectivity index (χ3n) is 3.60. The molecule has 2 aromatic carbocycles. The van der Waals surface area contributed by atoms with Crippen molar-refractivity contribution >= 4 is 11.4 Å². The molecular weight excluding hydrogens is 288 g/mol. The van der Waals surface area contributed by atoms with E-state index in [1.807, 2.05) is 48.5 Å². The van der Waals surface area contributed by atoms with E-state index in [-0.39, 0.29) is 5.41 Å². The Morgan fingerprint density at radius 1 is 0.696 bits per heavy atom. The first-order valence-corrected chi connectivity index (χ1v) is 6.88. The molecule has 0 aliphatic heterocycles. The third-order valence-corrected chi connectivity index (χ3v) is 3.60. The number of azo groups is 2.